The Morgan fingerprint density at radius 2 is 1.93 bits per heavy atom. The van der Waals surface area contributed by atoms with Gasteiger partial charge in [0.1, 0.15) is 0 Å². The van der Waals surface area contributed by atoms with Gasteiger partial charge in [-0.1, -0.05) is 39.1 Å². The molecule has 82 valence electrons. The lowest BCUT2D eigenvalue weighted by molar-refractivity contribution is -0.117. The molecule has 0 saturated carbocycles. The summed E-state index contributed by atoms with van der Waals surface area (Å²) in [5.41, 5.74) is 0.627. The van der Waals surface area contributed by atoms with Gasteiger partial charge in [0.05, 0.1) is 14.4 Å². The van der Waals surface area contributed by atoms with Crippen LogP contribution in [0, 0.1) is 0 Å². The fourth-order valence-corrected chi connectivity index (χ4v) is 1.25. The van der Waals surface area contributed by atoms with Gasteiger partial charge in [-0.25, -0.2) is 0 Å². The van der Waals surface area contributed by atoms with Gasteiger partial charge in [0.15, 0.2) is 0 Å². The molecule has 0 heterocycles. The smallest absolute Gasteiger partial charge is 0.240 e. The van der Waals surface area contributed by atoms with E-state index in [1.807, 2.05) is 0 Å². The molecule has 15 heavy (non-hydrogen) atoms. The van der Waals surface area contributed by atoms with E-state index in [-0.39, 0.29) is 5.91 Å². The van der Waals surface area contributed by atoms with E-state index in [4.69, 9.17) is 23.2 Å². The molecule has 0 spiro atoms. The van der Waals surface area contributed by atoms with Crippen LogP contribution in [0.1, 0.15) is 13.8 Å². The number of nitrogens with one attached hydrogen (secondary N) is 1. The zero-order valence-electron chi connectivity index (χ0n) is 8.27. The van der Waals surface area contributed by atoms with Crippen LogP contribution in [0.25, 0.3) is 0 Å². The first-order valence-corrected chi connectivity index (χ1v) is 5.81. The molecule has 1 amide bonds. The molecular weight excluding hydrogens is 301 g/mol. The van der Waals surface area contributed by atoms with Crippen molar-refractivity contribution in [3.05, 3.63) is 28.2 Å². The fraction of sp³-hybridized carbons (Fsp3) is 0.300. The SMILES string of the molecule is CC(C)(Br)C(=O)Nc1ccc(Cl)c(Cl)c1. The molecule has 0 atom stereocenters. The second-order valence-electron chi connectivity index (χ2n) is 3.56. The molecule has 0 aliphatic rings. The third kappa shape index (κ3) is 3.67. The third-order valence-corrected chi connectivity index (χ3v) is 2.82. The van der Waals surface area contributed by atoms with Gasteiger partial charge in [0, 0.05) is 5.69 Å². The Balaban J connectivity index is 2.83. The number of halogens is 3. The number of amides is 1. The Morgan fingerprint density at radius 3 is 2.40 bits per heavy atom. The molecule has 0 saturated heterocycles. The Hall–Kier alpha value is -0.250. The molecule has 0 radical (unpaired) electrons. The maximum atomic E-state index is 11.6. The first-order valence-electron chi connectivity index (χ1n) is 4.26. The molecule has 0 aromatic heterocycles. The second-order valence-corrected chi connectivity index (χ2v) is 6.35. The lowest BCUT2D eigenvalue weighted by Crippen LogP contribution is -2.30. The van der Waals surface area contributed by atoms with E-state index in [0.717, 1.165) is 0 Å². The summed E-state index contributed by atoms with van der Waals surface area (Å²) in [5.74, 6) is -0.138. The summed E-state index contributed by atoms with van der Waals surface area (Å²) >= 11 is 14.8. The Labute approximate surface area is 107 Å². The Morgan fingerprint density at radius 1 is 1.33 bits per heavy atom. The van der Waals surface area contributed by atoms with Crippen LogP contribution in [-0.2, 0) is 4.79 Å². The molecule has 0 fully saturated rings. The zero-order valence-corrected chi connectivity index (χ0v) is 11.4. The molecule has 1 N–H and O–H groups in total. The molecule has 1 rings (SSSR count). The number of carbonyl (C=O) groups excluding carboxylic acids is 1. The number of hydrogen-bond donors (Lipinski definition) is 1. The minimum Gasteiger partial charge on any atom is -0.325 e. The molecule has 1 aromatic carbocycles. The van der Waals surface area contributed by atoms with Gasteiger partial charge in [-0.2, -0.15) is 0 Å². The lowest BCUT2D eigenvalue weighted by Gasteiger charge is -2.15. The monoisotopic (exact) mass is 309 g/mol. The number of carbonyl (C=O) groups is 1. The van der Waals surface area contributed by atoms with Crippen molar-refractivity contribution in [1.29, 1.82) is 0 Å². The van der Waals surface area contributed by atoms with E-state index in [1.54, 1.807) is 32.0 Å². The van der Waals surface area contributed by atoms with Crippen molar-refractivity contribution in [3.63, 3.8) is 0 Å². The Kier molecular flexibility index (Phi) is 4.04. The van der Waals surface area contributed by atoms with Crippen LogP contribution < -0.4 is 5.32 Å². The standard InChI is InChI=1S/C10H10BrCl2NO/c1-10(2,11)9(15)14-6-3-4-7(12)8(13)5-6/h3-5H,1-2H3,(H,14,15). The van der Waals surface area contributed by atoms with E-state index in [9.17, 15) is 4.79 Å². The highest BCUT2D eigenvalue weighted by molar-refractivity contribution is 9.10. The summed E-state index contributed by atoms with van der Waals surface area (Å²) < 4.78 is -0.612. The van der Waals surface area contributed by atoms with E-state index < -0.39 is 4.32 Å². The van der Waals surface area contributed by atoms with Gasteiger partial charge in [-0.15, -0.1) is 0 Å². The number of alkyl halides is 1. The van der Waals surface area contributed by atoms with Gasteiger partial charge < -0.3 is 5.32 Å². The minimum atomic E-state index is -0.612. The average Bonchev–Trinajstić information content (AvgIpc) is 2.10. The van der Waals surface area contributed by atoms with Gasteiger partial charge >= 0.3 is 0 Å². The van der Waals surface area contributed by atoms with E-state index in [1.165, 1.54) is 0 Å². The molecule has 1 aromatic rings. The molecule has 0 aliphatic heterocycles. The normalized spacial score (nSPS) is 11.3. The summed E-state index contributed by atoms with van der Waals surface area (Å²) in [5, 5.41) is 3.60. The largest absolute Gasteiger partial charge is 0.325 e. The van der Waals surface area contributed by atoms with Crippen molar-refractivity contribution in [2.24, 2.45) is 0 Å². The lowest BCUT2D eigenvalue weighted by atomic mass is 10.2. The van der Waals surface area contributed by atoms with Gasteiger partial charge in [-0.3, -0.25) is 4.79 Å². The average molecular weight is 311 g/mol. The molecule has 0 bridgehead atoms. The van der Waals surface area contributed by atoms with Crippen molar-refractivity contribution >= 4 is 50.7 Å². The summed E-state index contributed by atoms with van der Waals surface area (Å²) in [6.07, 6.45) is 0. The fourth-order valence-electron chi connectivity index (χ4n) is 0.854. The molecule has 2 nitrogen and oxygen atoms in total. The number of rotatable bonds is 2. The maximum Gasteiger partial charge on any atom is 0.240 e. The number of anilines is 1. The van der Waals surface area contributed by atoms with Crippen LogP contribution >= 0.6 is 39.1 Å². The van der Waals surface area contributed by atoms with E-state index in [2.05, 4.69) is 21.2 Å². The molecular formula is C10H10BrCl2NO. The predicted molar refractivity (Wildman–Crippen MR) is 68.1 cm³/mol. The summed E-state index contributed by atoms with van der Waals surface area (Å²) in [7, 11) is 0. The first kappa shape index (κ1) is 12.8. The van der Waals surface area contributed by atoms with Crippen LogP contribution in [0.2, 0.25) is 10.0 Å². The van der Waals surface area contributed by atoms with Crippen molar-refractivity contribution in [3.8, 4) is 0 Å². The quantitative estimate of drug-likeness (QED) is 0.818. The zero-order chi connectivity index (χ0) is 11.6. The Bertz CT molecular complexity index is 387. The predicted octanol–water partition coefficient (Wildman–Crippen LogP) is 4.11. The van der Waals surface area contributed by atoms with Crippen LogP contribution in [-0.4, -0.2) is 10.2 Å². The molecule has 0 unspecified atom stereocenters. The van der Waals surface area contributed by atoms with Gasteiger partial charge in [0.25, 0.3) is 0 Å². The minimum absolute atomic E-state index is 0.138. The van der Waals surface area contributed by atoms with Crippen molar-refractivity contribution in [2.75, 3.05) is 5.32 Å². The van der Waals surface area contributed by atoms with Gasteiger partial charge in [-0.05, 0) is 32.0 Å². The van der Waals surface area contributed by atoms with Crippen molar-refractivity contribution in [1.82, 2.24) is 0 Å². The summed E-state index contributed by atoms with van der Waals surface area (Å²) in [6, 6.07) is 4.95. The maximum absolute atomic E-state index is 11.6. The highest BCUT2D eigenvalue weighted by Crippen LogP contribution is 2.26. The molecule has 5 heteroatoms. The first-order chi connectivity index (χ1) is 6.80. The number of benzene rings is 1. The third-order valence-electron chi connectivity index (χ3n) is 1.72. The number of hydrogen-bond acceptors (Lipinski definition) is 1. The highest BCUT2D eigenvalue weighted by atomic mass is 79.9. The van der Waals surface area contributed by atoms with Crippen LogP contribution in [0.15, 0.2) is 18.2 Å². The molecule has 0 aliphatic carbocycles. The van der Waals surface area contributed by atoms with Crippen molar-refractivity contribution < 1.29 is 4.79 Å². The van der Waals surface area contributed by atoms with Crippen molar-refractivity contribution in [2.45, 2.75) is 18.2 Å². The topological polar surface area (TPSA) is 29.1 Å². The summed E-state index contributed by atoms with van der Waals surface area (Å²) in [6.45, 7) is 3.53. The van der Waals surface area contributed by atoms with Crippen LogP contribution in [0.3, 0.4) is 0 Å². The van der Waals surface area contributed by atoms with Crippen LogP contribution in [0.4, 0.5) is 5.69 Å². The highest BCUT2D eigenvalue weighted by Gasteiger charge is 2.23. The van der Waals surface area contributed by atoms with Crippen LogP contribution in [0.5, 0.6) is 0 Å². The van der Waals surface area contributed by atoms with Gasteiger partial charge in [0.2, 0.25) is 5.91 Å². The van der Waals surface area contributed by atoms with E-state index >= 15 is 0 Å². The van der Waals surface area contributed by atoms with E-state index in [0.29, 0.717) is 15.7 Å². The second kappa shape index (κ2) is 4.73. The summed E-state index contributed by atoms with van der Waals surface area (Å²) in [4.78, 5) is 11.6.